The lowest BCUT2D eigenvalue weighted by Crippen LogP contribution is -2.05. The minimum absolute atomic E-state index is 0.594. The summed E-state index contributed by atoms with van der Waals surface area (Å²) in [6.07, 6.45) is 2.05. The molecular formula is C10H11ClN2S. The lowest BCUT2D eigenvalue weighted by Gasteiger charge is -2.06. The van der Waals surface area contributed by atoms with Crippen molar-refractivity contribution in [2.75, 3.05) is 23.9 Å². The number of benzene rings is 1. The van der Waals surface area contributed by atoms with Crippen LogP contribution in [0.4, 0.5) is 5.69 Å². The summed E-state index contributed by atoms with van der Waals surface area (Å²) in [4.78, 5) is 0. The van der Waals surface area contributed by atoms with Gasteiger partial charge in [-0.2, -0.15) is 17.0 Å². The number of thioether (sulfide) groups is 1. The molecule has 1 rings (SSSR count). The maximum atomic E-state index is 8.85. The van der Waals surface area contributed by atoms with Gasteiger partial charge in [0.1, 0.15) is 6.07 Å². The molecule has 0 aliphatic rings. The minimum atomic E-state index is 0.594. The summed E-state index contributed by atoms with van der Waals surface area (Å²) >= 11 is 7.54. The van der Waals surface area contributed by atoms with Crippen molar-refractivity contribution in [1.29, 1.82) is 5.26 Å². The number of anilines is 1. The number of nitrogens with zero attached hydrogens (tertiary/aromatic N) is 1. The van der Waals surface area contributed by atoms with Gasteiger partial charge in [-0.25, -0.2) is 0 Å². The molecule has 0 unspecified atom stereocenters. The maximum absolute atomic E-state index is 8.85. The fourth-order valence-corrected chi connectivity index (χ4v) is 1.53. The molecule has 74 valence electrons. The molecule has 0 heterocycles. The zero-order valence-corrected chi connectivity index (χ0v) is 9.45. The normalized spacial score (nSPS) is 9.50. The molecule has 0 saturated carbocycles. The Bertz CT molecular complexity index is 346. The minimum Gasteiger partial charge on any atom is -0.383 e. The third kappa shape index (κ3) is 3.13. The predicted octanol–water partition coefficient (Wildman–Crippen LogP) is 2.99. The van der Waals surface area contributed by atoms with Crippen LogP contribution in [0, 0.1) is 11.3 Å². The summed E-state index contributed by atoms with van der Waals surface area (Å²) in [6, 6.07) is 7.40. The Kier molecular flexibility index (Phi) is 4.64. The summed E-state index contributed by atoms with van der Waals surface area (Å²) in [5, 5.41) is 12.6. The Balaban J connectivity index is 2.72. The van der Waals surface area contributed by atoms with Gasteiger partial charge < -0.3 is 5.32 Å². The third-order valence-electron chi connectivity index (χ3n) is 1.72. The van der Waals surface area contributed by atoms with Gasteiger partial charge in [0.15, 0.2) is 0 Å². The van der Waals surface area contributed by atoms with Crippen LogP contribution in [0.1, 0.15) is 5.56 Å². The number of rotatable bonds is 4. The molecule has 2 nitrogen and oxygen atoms in total. The fourth-order valence-electron chi connectivity index (χ4n) is 1.05. The molecule has 4 heteroatoms. The predicted molar refractivity (Wildman–Crippen MR) is 63.0 cm³/mol. The van der Waals surface area contributed by atoms with E-state index in [1.807, 2.05) is 6.07 Å². The van der Waals surface area contributed by atoms with Gasteiger partial charge in [-0.3, -0.25) is 0 Å². The SMILES string of the molecule is CSCCNc1ccc(Cl)cc1C#N. The molecule has 0 aromatic heterocycles. The van der Waals surface area contributed by atoms with Gasteiger partial charge in [-0.15, -0.1) is 0 Å². The summed E-state index contributed by atoms with van der Waals surface area (Å²) in [6.45, 7) is 0.859. The standard InChI is InChI=1S/C10H11ClN2S/c1-14-5-4-13-10-3-2-9(11)6-8(10)7-12/h2-3,6,13H,4-5H2,1H3. The van der Waals surface area contributed by atoms with Crippen LogP contribution in [-0.4, -0.2) is 18.6 Å². The first-order valence-electron chi connectivity index (χ1n) is 4.20. The Morgan fingerprint density at radius 2 is 2.36 bits per heavy atom. The van der Waals surface area contributed by atoms with E-state index in [1.165, 1.54) is 0 Å². The van der Waals surface area contributed by atoms with Crippen molar-refractivity contribution in [2.45, 2.75) is 0 Å². The van der Waals surface area contributed by atoms with E-state index in [0.29, 0.717) is 10.6 Å². The van der Waals surface area contributed by atoms with Gasteiger partial charge in [0.2, 0.25) is 0 Å². The average molecular weight is 227 g/mol. The Morgan fingerprint density at radius 1 is 1.57 bits per heavy atom. The van der Waals surface area contributed by atoms with Crippen LogP contribution in [0.25, 0.3) is 0 Å². The van der Waals surface area contributed by atoms with Crippen molar-refractivity contribution in [1.82, 2.24) is 0 Å². The summed E-state index contributed by atoms with van der Waals surface area (Å²) in [5.74, 6) is 1.02. The molecule has 14 heavy (non-hydrogen) atoms. The van der Waals surface area contributed by atoms with Crippen molar-refractivity contribution >= 4 is 29.1 Å². The van der Waals surface area contributed by atoms with Gasteiger partial charge in [0, 0.05) is 17.3 Å². The molecule has 1 N–H and O–H groups in total. The third-order valence-corrected chi connectivity index (χ3v) is 2.57. The first kappa shape index (κ1) is 11.2. The number of nitrogens with one attached hydrogen (secondary N) is 1. The largest absolute Gasteiger partial charge is 0.383 e. The van der Waals surface area contributed by atoms with Crippen molar-refractivity contribution in [3.05, 3.63) is 28.8 Å². The van der Waals surface area contributed by atoms with Crippen LogP contribution < -0.4 is 5.32 Å². The van der Waals surface area contributed by atoms with E-state index < -0.39 is 0 Å². The van der Waals surface area contributed by atoms with Crippen LogP contribution >= 0.6 is 23.4 Å². The molecule has 0 bridgehead atoms. The Labute approximate surface area is 93.3 Å². The van der Waals surface area contributed by atoms with Crippen LogP contribution in [-0.2, 0) is 0 Å². The van der Waals surface area contributed by atoms with Gasteiger partial charge in [-0.05, 0) is 24.5 Å². The second kappa shape index (κ2) is 5.79. The maximum Gasteiger partial charge on any atom is 0.101 e. The lowest BCUT2D eigenvalue weighted by atomic mass is 10.2. The van der Waals surface area contributed by atoms with E-state index in [2.05, 4.69) is 17.6 Å². The first-order valence-corrected chi connectivity index (χ1v) is 5.97. The molecule has 0 amide bonds. The molecule has 0 atom stereocenters. The molecule has 1 aromatic rings. The monoisotopic (exact) mass is 226 g/mol. The Hall–Kier alpha value is -0.850. The summed E-state index contributed by atoms with van der Waals surface area (Å²) < 4.78 is 0. The van der Waals surface area contributed by atoms with Crippen molar-refractivity contribution in [3.8, 4) is 6.07 Å². The second-order valence-electron chi connectivity index (χ2n) is 2.72. The van der Waals surface area contributed by atoms with Gasteiger partial charge >= 0.3 is 0 Å². The highest BCUT2D eigenvalue weighted by molar-refractivity contribution is 7.98. The molecule has 1 aromatic carbocycles. The summed E-state index contributed by atoms with van der Waals surface area (Å²) in [7, 11) is 0. The molecule has 0 radical (unpaired) electrons. The number of hydrogen-bond acceptors (Lipinski definition) is 3. The van der Waals surface area contributed by atoms with Gasteiger partial charge in [0.05, 0.1) is 11.3 Å². The highest BCUT2D eigenvalue weighted by Gasteiger charge is 2.01. The zero-order valence-electron chi connectivity index (χ0n) is 7.88. The fraction of sp³-hybridized carbons (Fsp3) is 0.300. The topological polar surface area (TPSA) is 35.8 Å². The molecule has 0 spiro atoms. The van der Waals surface area contributed by atoms with Crippen molar-refractivity contribution in [3.63, 3.8) is 0 Å². The number of hydrogen-bond donors (Lipinski definition) is 1. The first-order chi connectivity index (χ1) is 6.77. The Morgan fingerprint density at radius 3 is 3.00 bits per heavy atom. The molecular weight excluding hydrogens is 216 g/mol. The highest BCUT2D eigenvalue weighted by Crippen LogP contribution is 2.19. The van der Waals surface area contributed by atoms with Crippen LogP contribution in [0.15, 0.2) is 18.2 Å². The molecule has 0 fully saturated rings. The highest BCUT2D eigenvalue weighted by atomic mass is 35.5. The smallest absolute Gasteiger partial charge is 0.101 e. The quantitative estimate of drug-likeness (QED) is 0.802. The van der Waals surface area contributed by atoms with Crippen molar-refractivity contribution in [2.24, 2.45) is 0 Å². The molecule has 0 aliphatic heterocycles. The van der Waals surface area contributed by atoms with E-state index in [0.717, 1.165) is 18.0 Å². The van der Waals surface area contributed by atoms with Gasteiger partial charge in [-0.1, -0.05) is 11.6 Å². The van der Waals surface area contributed by atoms with E-state index in [4.69, 9.17) is 16.9 Å². The van der Waals surface area contributed by atoms with Crippen LogP contribution in [0.5, 0.6) is 0 Å². The van der Waals surface area contributed by atoms with E-state index in [9.17, 15) is 0 Å². The van der Waals surface area contributed by atoms with Crippen LogP contribution in [0.3, 0.4) is 0 Å². The average Bonchev–Trinajstić information content (AvgIpc) is 2.20. The molecule has 0 aliphatic carbocycles. The van der Waals surface area contributed by atoms with Crippen LogP contribution in [0.2, 0.25) is 5.02 Å². The number of halogens is 1. The van der Waals surface area contributed by atoms with E-state index in [-0.39, 0.29) is 0 Å². The van der Waals surface area contributed by atoms with E-state index in [1.54, 1.807) is 23.9 Å². The molecule has 0 saturated heterocycles. The van der Waals surface area contributed by atoms with Crippen molar-refractivity contribution < 1.29 is 0 Å². The second-order valence-corrected chi connectivity index (χ2v) is 4.14. The zero-order chi connectivity index (χ0) is 10.4. The van der Waals surface area contributed by atoms with E-state index >= 15 is 0 Å². The number of nitriles is 1. The summed E-state index contributed by atoms with van der Waals surface area (Å²) in [5.41, 5.74) is 1.45. The lowest BCUT2D eigenvalue weighted by molar-refractivity contribution is 1.22. The van der Waals surface area contributed by atoms with Gasteiger partial charge in [0.25, 0.3) is 0 Å².